The molecule has 3 rings (SSSR count). The molecule has 0 saturated heterocycles. The van der Waals surface area contributed by atoms with E-state index in [1.54, 1.807) is 24.3 Å². The van der Waals surface area contributed by atoms with Gasteiger partial charge in [-0.3, -0.25) is 0 Å². The first kappa shape index (κ1) is 16.8. The fourth-order valence-electron chi connectivity index (χ4n) is 2.29. The van der Waals surface area contributed by atoms with Gasteiger partial charge < -0.3 is 14.3 Å². The average Bonchev–Trinajstić information content (AvgIpc) is 2.54. The van der Waals surface area contributed by atoms with E-state index in [1.165, 1.54) is 18.2 Å². The van der Waals surface area contributed by atoms with Gasteiger partial charge in [0.2, 0.25) is 5.88 Å². The minimum Gasteiger partial charge on any atom is -0.439 e. The van der Waals surface area contributed by atoms with Crippen molar-refractivity contribution >= 4 is 17.2 Å². The van der Waals surface area contributed by atoms with E-state index in [0.717, 1.165) is 23.3 Å². The van der Waals surface area contributed by atoms with Crippen molar-refractivity contribution in [2.24, 2.45) is 0 Å². The molecule has 0 bridgehead atoms. The Bertz CT molecular complexity index is 909. The normalized spacial score (nSPS) is 11.3. The van der Waals surface area contributed by atoms with E-state index in [1.807, 2.05) is 6.07 Å². The summed E-state index contributed by atoms with van der Waals surface area (Å²) in [4.78, 5) is 14.9. The molecule has 128 valence electrons. The summed E-state index contributed by atoms with van der Waals surface area (Å²) in [7, 11) is 0. The first-order valence-corrected chi connectivity index (χ1v) is 7.30. The van der Waals surface area contributed by atoms with Gasteiger partial charge in [-0.25, -0.2) is 4.98 Å². The van der Waals surface area contributed by atoms with Crippen LogP contribution < -0.4 is 9.47 Å². The number of halogens is 3. The second kappa shape index (κ2) is 6.80. The predicted molar refractivity (Wildman–Crippen MR) is 84.7 cm³/mol. The number of alkyl halides is 3. The monoisotopic (exact) mass is 347 g/mol. The van der Waals surface area contributed by atoms with Crippen molar-refractivity contribution in [3.05, 3.63) is 60.2 Å². The van der Waals surface area contributed by atoms with E-state index in [-0.39, 0.29) is 17.4 Å². The summed E-state index contributed by atoms with van der Waals surface area (Å²) < 4.78 is 46.2. The third-order valence-electron chi connectivity index (χ3n) is 3.31. The zero-order valence-corrected chi connectivity index (χ0v) is 12.8. The Hall–Kier alpha value is -3.09. The third kappa shape index (κ3) is 4.47. The Morgan fingerprint density at radius 2 is 1.80 bits per heavy atom. The number of ether oxygens (including phenoxy) is 2. The predicted octanol–water partition coefficient (Wildman–Crippen LogP) is 4.67. The highest BCUT2D eigenvalue weighted by molar-refractivity contribution is 5.80. The van der Waals surface area contributed by atoms with Gasteiger partial charge in [-0.1, -0.05) is 12.1 Å². The Morgan fingerprint density at radius 1 is 1.00 bits per heavy atom. The van der Waals surface area contributed by atoms with Gasteiger partial charge in [-0.2, -0.15) is 0 Å². The fraction of sp³-hybridized carbons (Fsp3) is 0.111. The number of hydrogen-bond acceptors (Lipinski definition) is 4. The van der Waals surface area contributed by atoms with Crippen LogP contribution in [0.1, 0.15) is 5.56 Å². The summed E-state index contributed by atoms with van der Waals surface area (Å²) in [6.07, 6.45) is -3.62. The number of benzene rings is 2. The molecule has 0 amide bonds. The summed E-state index contributed by atoms with van der Waals surface area (Å²) in [5.74, 6) is 0.0373. The first-order chi connectivity index (χ1) is 11.9. The number of fused-ring (bicyclic) bond motifs is 1. The Kier molecular flexibility index (Phi) is 4.56. The molecule has 1 heterocycles. The van der Waals surface area contributed by atoms with E-state index in [4.69, 9.17) is 4.74 Å². The molecule has 0 spiro atoms. The van der Waals surface area contributed by atoms with E-state index in [0.29, 0.717) is 11.9 Å². The van der Waals surface area contributed by atoms with Crippen molar-refractivity contribution < 1.29 is 27.4 Å². The molecule has 0 fully saturated rings. The zero-order chi connectivity index (χ0) is 17.9. The standard InChI is InChI=1S/C18H12F3NO3/c19-18(20,21)25-15-3-1-2-14(11-15)24-17-7-5-13-10-12(8-9-23)4-6-16(13)22-17/h1-7,9-11H,8H2. The maximum atomic E-state index is 12.3. The maximum absolute atomic E-state index is 12.3. The van der Waals surface area contributed by atoms with Crippen molar-refractivity contribution in [1.82, 2.24) is 4.98 Å². The highest BCUT2D eigenvalue weighted by Gasteiger charge is 2.31. The molecular formula is C18H12F3NO3. The van der Waals surface area contributed by atoms with E-state index in [2.05, 4.69) is 9.72 Å². The minimum atomic E-state index is -4.76. The molecule has 1 aromatic heterocycles. The van der Waals surface area contributed by atoms with Crippen LogP contribution in [0.3, 0.4) is 0 Å². The number of carbonyl (C=O) groups is 1. The van der Waals surface area contributed by atoms with Crippen LogP contribution in [0.25, 0.3) is 10.9 Å². The molecule has 0 aliphatic rings. The van der Waals surface area contributed by atoms with Gasteiger partial charge in [0.1, 0.15) is 17.8 Å². The minimum absolute atomic E-state index is 0.172. The van der Waals surface area contributed by atoms with Crippen LogP contribution in [0.2, 0.25) is 0 Å². The summed E-state index contributed by atoms with van der Waals surface area (Å²) in [6.45, 7) is 0. The molecule has 0 aliphatic heterocycles. The number of aldehydes is 1. The van der Waals surface area contributed by atoms with Crippen LogP contribution in [0.4, 0.5) is 13.2 Å². The molecule has 0 atom stereocenters. The summed E-state index contributed by atoms with van der Waals surface area (Å²) in [6, 6.07) is 14.0. The lowest BCUT2D eigenvalue weighted by atomic mass is 10.1. The van der Waals surface area contributed by atoms with E-state index < -0.39 is 6.36 Å². The number of rotatable bonds is 5. The lowest BCUT2D eigenvalue weighted by Crippen LogP contribution is -2.17. The quantitative estimate of drug-likeness (QED) is 0.630. The van der Waals surface area contributed by atoms with Gasteiger partial charge in [0.25, 0.3) is 0 Å². The van der Waals surface area contributed by atoms with Crippen LogP contribution in [0.15, 0.2) is 54.6 Å². The average molecular weight is 347 g/mol. The summed E-state index contributed by atoms with van der Waals surface area (Å²) in [5, 5.41) is 0.834. The van der Waals surface area contributed by atoms with Gasteiger partial charge in [-0.15, -0.1) is 13.2 Å². The second-order valence-electron chi connectivity index (χ2n) is 5.17. The number of hydrogen-bond donors (Lipinski definition) is 0. The Morgan fingerprint density at radius 3 is 2.56 bits per heavy atom. The van der Waals surface area contributed by atoms with E-state index >= 15 is 0 Å². The lowest BCUT2D eigenvalue weighted by molar-refractivity contribution is -0.274. The molecule has 25 heavy (non-hydrogen) atoms. The van der Waals surface area contributed by atoms with Crippen molar-refractivity contribution in [2.45, 2.75) is 12.8 Å². The van der Waals surface area contributed by atoms with Crippen LogP contribution in [-0.4, -0.2) is 17.6 Å². The largest absolute Gasteiger partial charge is 0.573 e. The Labute approximate surface area is 140 Å². The highest BCUT2D eigenvalue weighted by Crippen LogP contribution is 2.29. The Balaban J connectivity index is 1.82. The van der Waals surface area contributed by atoms with Crippen LogP contribution in [0.5, 0.6) is 17.4 Å². The van der Waals surface area contributed by atoms with E-state index in [9.17, 15) is 18.0 Å². The van der Waals surface area contributed by atoms with Crippen molar-refractivity contribution in [3.63, 3.8) is 0 Å². The highest BCUT2D eigenvalue weighted by atomic mass is 19.4. The zero-order valence-electron chi connectivity index (χ0n) is 12.8. The number of carbonyl (C=O) groups excluding carboxylic acids is 1. The maximum Gasteiger partial charge on any atom is 0.573 e. The summed E-state index contributed by atoms with van der Waals surface area (Å²) >= 11 is 0. The van der Waals surface area contributed by atoms with Gasteiger partial charge in [-0.05, 0) is 35.9 Å². The topological polar surface area (TPSA) is 48.4 Å². The second-order valence-corrected chi connectivity index (χ2v) is 5.17. The van der Waals surface area contributed by atoms with Crippen LogP contribution in [0, 0.1) is 0 Å². The molecular weight excluding hydrogens is 335 g/mol. The molecule has 0 saturated carbocycles. The van der Waals surface area contributed by atoms with Crippen molar-refractivity contribution in [2.75, 3.05) is 0 Å². The molecule has 0 radical (unpaired) electrons. The molecule has 0 unspecified atom stereocenters. The molecule has 7 heteroatoms. The molecule has 3 aromatic rings. The van der Waals surface area contributed by atoms with Gasteiger partial charge in [0, 0.05) is 23.9 Å². The third-order valence-corrected chi connectivity index (χ3v) is 3.31. The SMILES string of the molecule is O=CCc1ccc2nc(Oc3cccc(OC(F)(F)F)c3)ccc2c1. The van der Waals surface area contributed by atoms with Gasteiger partial charge in [0.05, 0.1) is 5.52 Å². The first-order valence-electron chi connectivity index (χ1n) is 7.30. The van der Waals surface area contributed by atoms with Crippen molar-refractivity contribution in [1.29, 1.82) is 0 Å². The molecule has 2 aromatic carbocycles. The molecule has 0 aliphatic carbocycles. The fourth-order valence-corrected chi connectivity index (χ4v) is 2.29. The molecule has 4 nitrogen and oxygen atoms in total. The van der Waals surface area contributed by atoms with Crippen LogP contribution in [-0.2, 0) is 11.2 Å². The number of nitrogens with zero attached hydrogens (tertiary/aromatic N) is 1. The lowest BCUT2D eigenvalue weighted by Gasteiger charge is -2.10. The molecule has 0 N–H and O–H groups in total. The summed E-state index contributed by atoms with van der Waals surface area (Å²) in [5.41, 5.74) is 1.52. The number of aromatic nitrogens is 1. The number of pyridine rings is 1. The van der Waals surface area contributed by atoms with Crippen LogP contribution >= 0.6 is 0 Å². The van der Waals surface area contributed by atoms with Gasteiger partial charge in [0.15, 0.2) is 0 Å². The van der Waals surface area contributed by atoms with Gasteiger partial charge >= 0.3 is 6.36 Å². The smallest absolute Gasteiger partial charge is 0.439 e. The van der Waals surface area contributed by atoms with Crippen molar-refractivity contribution in [3.8, 4) is 17.4 Å².